The van der Waals surface area contributed by atoms with Crippen LogP contribution in [0.3, 0.4) is 0 Å². The largest absolute Gasteiger partial charge is 0.493 e. The molecule has 0 radical (unpaired) electrons. The molecular weight excluding hydrogens is 508 g/mol. The molecule has 0 unspecified atom stereocenters. The van der Waals surface area contributed by atoms with Crippen LogP contribution in [0.15, 0.2) is 53.1 Å². The summed E-state index contributed by atoms with van der Waals surface area (Å²) in [4.78, 5) is 19.2. The first-order valence-electron chi connectivity index (χ1n) is 14.2. The lowest BCUT2D eigenvalue weighted by Gasteiger charge is -2.33. The number of nitrogens with zero attached hydrogens (tertiary/aromatic N) is 2. The molecule has 0 spiro atoms. The van der Waals surface area contributed by atoms with Crippen molar-refractivity contribution in [2.45, 2.75) is 44.8 Å². The number of aromatic amines is 1. The van der Waals surface area contributed by atoms with E-state index in [2.05, 4.69) is 14.8 Å². The van der Waals surface area contributed by atoms with Crippen LogP contribution in [-0.4, -0.2) is 78.3 Å². The van der Waals surface area contributed by atoms with Crippen LogP contribution >= 0.6 is 0 Å². The molecule has 4 heterocycles. The number of carboxylic acids is 1. The number of piperidine rings is 2. The number of nitrogens with two attached hydrogens (primary N) is 1. The molecule has 4 aromatic rings. The van der Waals surface area contributed by atoms with Gasteiger partial charge in [0.15, 0.2) is 11.3 Å². The molecule has 0 aliphatic carbocycles. The molecule has 40 heavy (non-hydrogen) atoms. The Morgan fingerprint density at radius 2 is 1.70 bits per heavy atom. The summed E-state index contributed by atoms with van der Waals surface area (Å²) in [7, 11) is 1.60. The maximum absolute atomic E-state index is 11.1. The Hall–Kier alpha value is -3.53. The summed E-state index contributed by atoms with van der Waals surface area (Å²) in [5.41, 5.74) is 8.31. The minimum absolute atomic E-state index is 0.129. The van der Waals surface area contributed by atoms with Gasteiger partial charge in [-0.15, -0.1) is 0 Å². The topological polar surface area (TPSA) is 117 Å². The van der Waals surface area contributed by atoms with Gasteiger partial charge in [-0.25, -0.2) is 4.79 Å². The van der Waals surface area contributed by atoms with E-state index < -0.39 is 5.97 Å². The summed E-state index contributed by atoms with van der Waals surface area (Å²) in [6, 6.07) is 13.2. The number of ether oxygens (including phenoxy) is 2. The Kier molecular flexibility index (Phi) is 9.26. The van der Waals surface area contributed by atoms with E-state index in [-0.39, 0.29) is 5.69 Å². The number of benzene rings is 2. The average Bonchev–Trinajstić information content (AvgIpc) is 3.62. The molecule has 9 heteroatoms. The fourth-order valence-corrected chi connectivity index (χ4v) is 5.52. The molecule has 0 saturated carbocycles. The number of carboxylic acid groups (broad SMARTS) is 1. The number of likely N-dealkylation sites (tertiary alicyclic amines) is 2. The highest BCUT2D eigenvalue weighted by atomic mass is 16.5. The van der Waals surface area contributed by atoms with Crippen LogP contribution in [0.25, 0.3) is 21.9 Å². The first kappa shape index (κ1) is 28.0. The summed E-state index contributed by atoms with van der Waals surface area (Å²) in [6.45, 7) is 7.92. The third kappa shape index (κ3) is 6.78. The molecule has 9 nitrogen and oxygen atoms in total. The predicted octanol–water partition coefficient (Wildman–Crippen LogP) is 5.10. The van der Waals surface area contributed by atoms with E-state index in [0.717, 1.165) is 16.3 Å². The maximum atomic E-state index is 11.1. The second kappa shape index (κ2) is 13.2. The highest BCUT2D eigenvalue weighted by Crippen LogP contribution is 2.32. The normalized spacial score (nSPS) is 17.1. The molecule has 0 amide bonds. The second-order valence-electron chi connectivity index (χ2n) is 10.7. The molecule has 2 aliphatic rings. The van der Waals surface area contributed by atoms with Crippen molar-refractivity contribution >= 4 is 27.8 Å². The smallest absolute Gasteiger partial charge is 0.352 e. The van der Waals surface area contributed by atoms with Gasteiger partial charge >= 0.3 is 5.97 Å². The van der Waals surface area contributed by atoms with Crippen molar-refractivity contribution in [3.05, 3.63) is 60.0 Å². The summed E-state index contributed by atoms with van der Waals surface area (Å²) in [5.74, 6) is 0.274. The monoisotopic (exact) mass is 548 g/mol. The summed E-state index contributed by atoms with van der Waals surface area (Å²) in [5, 5.41) is 10.8. The van der Waals surface area contributed by atoms with E-state index in [1.165, 1.54) is 71.4 Å². The number of hydrogen-bond acceptors (Lipinski definition) is 7. The first-order valence-corrected chi connectivity index (χ1v) is 14.2. The lowest BCUT2D eigenvalue weighted by Crippen LogP contribution is -2.43. The highest BCUT2D eigenvalue weighted by Gasteiger charge is 2.17. The predicted molar refractivity (Wildman–Crippen MR) is 156 cm³/mol. The SMILES string of the molecule is COc1cccc2c(COc3cccc4[nH]c(C(=O)O)cc34)coc12.NC1CCN(CCN2CCCCC2)CC1. The maximum Gasteiger partial charge on any atom is 0.352 e. The lowest BCUT2D eigenvalue weighted by atomic mass is 10.1. The number of furan rings is 1. The number of H-pyrrole nitrogens is 1. The Morgan fingerprint density at radius 3 is 2.42 bits per heavy atom. The molecule has 2 aromatic carbocycles. The van der Waals surface area contributed by atoms with Crippen LogP contribution in [0, 0.1) is 0 Å². The van der Waals surface area contributed by atoms with Crippen LogP contribution in [0.1, 0.15) is 48.2 Å². The van der Waals surface area contributed by atoms with Crippen molar-refractivity contribution in [2.75, 3.05) is 46.4 Å². The number of aromatic carboxylic acids is 1. The van der Waals surface area contributed by atoms with E-state index in [9.17, 15) is 4.79 Å². The number of methoxy groups -OCH3 is 1. The molecule has 2 fully saturated rings. The number of rotatable bonds is 8. The van der Waals surface area contributed by atoms with Crippen molar-refractivity contribution in [1.29, 1.82) is 0 Å². The summed E-state index contributed by atoms with van der Waals surface area (Å²) in [6.07, 6.45) is 8.29. The summed E-state index contributed by atoms with van der Waals surface area (Å²) >= 11 is 0. The Balaban J connectivity index is 0.000000184. The first-order chi connectivity index (χ1) is 19.5. The standard InChI is InChI=1S/C19H15NO5.C12H25N3/c1-23-17-7-2-4-12-11(10-25-18(12)17)9-24-16-6-3-5-14-13(16)8-15(20-14)19(21)22;13-12-4-8-15(9-5-12)11-10-14-6-2-1-3-7-14/h2-8,10,20H,9H2,1H3,(H,21,22);12H,1-11,13H2. The van der Waals surface area contributed by atoms with Crippen LogP contribution < -0.4 is 15.2 Å². The zero-order chi connectivity index (χ0) is 27.9. The number of nitrogens with one attached hydrogen (secondary N) is 1. The average molecular weight is 549 g/mol. The number of carbonyl (C=O) groups is 1. The van der Waals surface area contributed by atoms with Crippen molar-refractivity contribution in [3.63, 3.8) is 0 Å². The quantitative estimate of drug-likeness (QED) is 0.279. The van der Waals surface area contributed by atoms with Crippen molar-refractivity contribution < 1.29 is 23.8 Å². The van der Waals surface area contributed by atoms with Crippen LogP contribution in [0.2, 0.25) is 0 Å². The van der Waals surface area contributed by atoms with Crippen LogP contribution in [0.4, 0.5) is 0 Å². The van der Waals surface area contributed by atoms with E-state index >= 15 is 0 Å². The fraction of sp³-hybridized carbons (Fsp3) is 0.452. The molecule has 214 valence electrons. The van der Waals surface area contributed by atoms with Gasteiger partial charge in [0, 0.05) is 41.0 Å². The van der Waals surface area contributed by atoms with Crippen LogP contribution in [-0.2, 0) is 6.61 Å². The zero-order valence-electron chi connectivity index (χ0n) is 23.2. The van der Waals surface area contributed by atoms with E-state index in [4.69, 9.17) is 24.7 Å². The molecular formula is C31H40N4O5. The molecule has 0 atom stereocenters. The Labute approximate surface area is 234 Å². The van der Waals surface area contributed by atoms with Crippen molar-refractivity contribution in [1.82, 2.24) is 14.8 Å². The molecule has 0 bridgehead atoms. The van der Waals surface area contributed by atoms with Gasteiger partial charge in [0.1, 0.15) is 18.1 Å². The fourth-order valence-electron chi connectivity index (χ4n) is 5.52. The third-order valence-corrected chi connectivity index (χ3v) is 7.91. The van der Waals surface area contributed by atoms with Gasteiger partial charge in [0.2, 0.25) is 0 Å². The van der Waals surface area contributed by atoms with Gasteiger partial charge < -0.3 is 39.5 Å². The number of fused-ring (bicyclic) bond motifs is 2. The van der Waals surface area contributed by atoms with E-state index in [1.54, 1.807) is 19.4 Å². The van der Waals surface area contributed by atoms with Gasteiger partial charge in [-0.05, 0) is 76.1 Å². The number of hydrogen-bond donors (Lipinski definition) is 3. The van der Waals surface area contributed by atoms with Gasteiger partial charge in [-0.1, -0.05) is 24.6 Å². The van der Waals surface area contributed by atoms with Gasteiger partial charge in [0.25, 0.3) is 0 Å². The molecule has 2 aliphatic heterocycles. The Morgan fingerprint density at radius 1 is 1.00 bits per heavy atom. The van der Waals surface area contributed by atoms with Crippen LogP contribution in [0.5, 0.6) is 11.5 Å². The Bertz CT molecular complexity index is 1400. The van der Waals surface area contributed by atoms with Crippen molar-refractivity contribution in [2.24, 2.45) is 5.73 Å². The van der Waals surface area contributed by atoms with Crippen molar-refractivity contribution in [3.8, 4) is 11.5 Å². The van der Waals surface area contributed by atoms with Gasteiger partial charge in [-0.3, -0.25) is 0 Å². The van der Waals surface area contributed by atoms with Gasteiger partial charge in [0.05, 0.1) is 13.4 Å². The molecule has 2 aromatic heterocycles. The van der Waals surface area contributed by atoms with Gasteiger partial charge in [-0.2, -0.15) is 0 Å². The van der Waals surface area contributed by atoms with E-state index in [1.807, 2.05) is 36.4 Å². The highest BCUT2D eigenvalue weighted by molar-refractivity contribution is 5.96. The zero-order valence-corrected chi connectivity index (χ0v) is 23.2. The minimum atomic E-state index is -1.00. The number of para-hydroxylation sites is 1. The molecule has 2 saturated heterocycles. The summed E-state index contributed by atoms with van der Waals surface area (Å²) < 4.78 is 16.8. The minimum Gasteiger partial charge on any atom is -0.493 e. The lowest BCUT2D eigenvalue weighted by molar-refractivity contribution is 0.0691. The van der Waals surface area contributed by atoms with E-state index in [0.29, 0.717) is 35.2 Å². The second-order valence-corrected chi connectivity index (χ2v) is 10.7. The molecule has 4 N–H and O–H groups in total. The number of aromatic nitrogens is 1. The third-order valence-electron chi connectivity index (χ3n) is 7.91. The molecule has 6 rings (SSSR count).